The van der Waals surface area contributed by atoms with Crippen molar-refractivity contribution in [1.82, 2.24) is 4.90 Å². The second-order valence-corrected chi connectivity index (χ2v) is 5.12. The van der Waals surface area contributed by atoms with Gasteiger partial charge >= 0.3 is 6.18 Å². The zero-order chi connectivity index (χ0) is 13.9. The van der Waals surface area contributed by atoms with Crippen LogP contribution in [0.15, 0.2) is 22.7 Å². The second kappa shape index (κ2) is 6.02. The molecule has 0 amide bonds. The van der Waals surface area contributed by atoms with Crippen LogP contribution >= 0.6 is 15.9 Å². The fourth-order valence-electron chi connectivity index (χ4n) is 1.54. The van der Waals surface area contributed by atoms with E-state index in [-0.39, 0.29) is 17.1 Å². The van der Waals surface area contributed by atoms with Crippen LogP contribution in [0.25, 0.3) is 0 Å². The fraction of sp³-hybridized carbons (Fsp3) is 0.500. The molecule has 0 aromatic heterocycles. The molecule has 1 rings (SSSR count). The second-order valence-electron chi connectivity index (χ2n) is 4.33. The lowest BCUT2D eigenvalue weighted by Gasteiger charge is -2.27. The quantitative estimate of drug-likeness (QED) is 0.742. The Bertz CT molecular complexity index is 404. The Hall–Kier alpha value is -0.620. The van der Waals surface area contributed by atoms with Crippen LogP contribution in [0.5, 0.6) is 0 Å². The molecule has 0 saturated carbocycles. The van der Waals surface area contributed by atoms with Gasteiger partial charge in [0.05, 0.1) is 11.0 Å². The van der Waals surface area contributed by atoms with Gasteiger partial charge in [0.2, 0.25) is 0 Å². The summed E-state index contributed by atoms with van der Waals surface area (Å²) in [6.07, 6.45) is -4.26. The lowest BCUT2D eigenvalue weighted by molar-refractivity contribution is -0.150. The highest BCUT2D eigenvalue weighted by Crippen LogP contribution is 2.25. The monoisotopic (exact) mass is 327 g/mol. The van der Waals surface area contributed by atoms with E-state index in [1.807, 2.05) is 0 Å². The van der Waals surface area contributed by atoms with Crippen molar-refractivity contribution in [3.8, 4) is 0 Å². The minimum Gasteiger partial charge on any atom is -0.288 e. The van der Waals surface area contributed by atoms with Gasteiger partial charge in [-0.15, -0.1) is 0 Å². The maximum absolute atomic E-state index is 13.3. The van der Waals surface area contributed by atoms with E-state index in [0.29, 0.717) is 5.56 Å². The lowest BCUT2D eigenvalue weighted by Crippen LogP contribution is -2.38. The van der Waals surface area contributed by atoms with Gasteiger partial charge in [0.1, 0.15) is 5.82 Å². The van der Waals surface area contributed by atoms with Crippen LogP contribution in [0.3, 0.4) is 0 Å². The summed E-state index contributed by atoms with van der Waals surface area (Å²) in [6.45, 7) is 2.40. The molecular weight excluding hydrogens is 314 g/mol. The van der Waals surface area contributed by atoms with Crippen LogP contribution in [0.4, 0.5) is 17.6 Å². The van der Waals surface area contributed by atoms with Gasteiger partial charge in [-0.1, -0.05) is 12.1 Å². The maximum Gasteiger partial charge on any atom is 0.401 e. The number of alkyl halides is 3. The van der Waals surface area contributed by atoms with Crippen molar-refractivity contribution in [1.29, 1.82) is 0 Å². The molecule has 102 valence electrons. The molecule has 0 atom stereocenters. The molecule has 0 radical (unpaired) electrons. The zero-order valence-corrected chi connectivity index (χ0v) is 11.6. The highest BCUT2D eigenvalue weighted by molar-refractivity contribution is 9.10. The summed E-state index contributed by atoms with van der Waals surface area (Å²) >= 11 is 3.05. The average molecular weight is 328 g/mol. The Morgan fingerprint density at radius 2 is 1.89 bits per heavy atom. The molecular formula is C12H14BrF4N. The third-order valence-corrected chi connectivity index (χ3v) is 3.41. The van der Waals surface area contributed by atoms with Gasteiger partial charge < -0.3 is 0 Å². The van der Waals surface area contributed by atoms with Crippen LogP contribution in [0, 0.1) is 5.82 Å². The molecule has 0 aliphatic heterocycles. The summed E-state index contributed by atoms with van der Waals surface area (Å²) in [5.74, 6) is -0.469. The van der Waals surface area contributed by atoms with Crippen LogP contribution in [0.2, 0.25) is 0 Å². The molecule has 6 heteroatoms. The summed E-state index contributed by atoms with van der Waals surface area (Å²) in [5, 5.41) is 0. The number of rotatable bonds is 4. The maximum atomic E-state index is 13.3. The van der Waals surface area contributed by atoms with E-state index in [1.165, 1.54) is 17.0 Å². The number of hydrogen-bond donors (Lipinski definition) is 0. The van der Waals surface area contributed by atoms with Crippen LogP contribution in [-0.4, -0.2) is 23.7 Å². The molecule has 1 aromatic carbocycles. The first kappa shape index (κ1) is 15.4. The van der Waals surface area contributed by atoms with Gasteiger partial charge in [-0.05, 0) is 41.4 Å². The van der Waals surface area contributed by atoms with Crippen molar-refractivity contribution in [2.75, 3.05) is 6.54 Å². The number of benzene rings is 1. The predicted molar refractivity (Wildman–Crippen MR) is 65.7 cm³/mol. The fourth-order valence-corrected chi connectivity index (χ4v) is 1.93. The van der Waals surface area contributed by atoms with Crippen molar-refractivity contribution < 1.29 is 17.6 Å². The van der Waals surface area contributed by atoms with Crippen LogP contribution in [0.1, 0.15) is 19.4 Å². The minimum absolute atomic E-state index is 0.0511. The van der Waals surface area contributed by atoms with E-state index >= 15 is 0 Å². The molecule has 0 aliphatic carbocycles. The lowest BCUT2D eigenvalue weighted by atomic mass is 10.2. The van der Waals surface area contributed by atoms with Gasteiger partial charge in [-0.25, -0.2) is 4.39 Å². The van der Waals surface area contributed by atoms with Crippen molar-refractivity contribution in [2.24, 2.45) is 0 Å². The standard InChI is InChI=1S/C12H14BrF4N/c1-8(2)18(7-12(15,16)17)6-9-4-3-5-10(14)11(9)13/h3-5,8H,6-7H2,1-2H3. The summed E-state index contributed by atoms with van der Waals surface area (Å²) in [5.41, 5.74) is 0.507. The van der Waals surface area contributed by atoms with Crippen molar-refractivity contribution in [2.45, 2.75) is 32.6 Å². The SMILES string of the molecule is CC(C)N(Cc1cccc(F)c1Br)CC(F)(F)F. The number of hydrogen-bond acceptors (Lipinski definition) is 1. The van der Waals surface area contributed by atoms with Gasteiger partial charge in [-0.2, -0.15) is 13.2 Å². The number of halogens is 5. The molecule has 0 saturated heterocycles. The Morgan fingerprint density at radius 3 is 2.39 bits per heavy atom. The summed E-state index contributed by atoms with van der Waals surface area (Å²) in [4.78, 5) is 1.25. The number of nitrogens with zero attached hydrogens (tertiary/aromatic N) is 1. The van der Waals surface area contributed by atoms with E-state index in [1.54, 1.807) is 19.9 Å². The molecule has 0 bridgehead atoms. The van der Waals surface area contributed by atoms with Crippen LogP contribution < -0.4 is 0 Å². The Labute approximate surface area is 112 Å². The molecule has 0 heterocycles. The van der Waals surface area contributed by atoms with E-state index in [0.717, 1.165) is 0 Å². The normalized spacial score (nSPS) is 12.5. The topological polar surface area (TPSA) is 3.24 Å². The Kier molecular flexibility index (Phi) is 5.16. The van der Waals surface area contributed by atoms with E-state index in [2.05, 4.69) is 15.9 Å². The van der Waals surface area contributed by atoms with E-state index in [9.17, 15) is 17.6 Å². The van der Waals surface area contributed by atoms with E-state index in [4.69, 9.17) is 0 Å². The van der Waals surface area contributed by atoms with Gasteiger partial charge in [0.15, 0.2) is 0 Å². The molecule has 1 nitrogen and oxygen atoms in total. The van der Waals surface area contributed by atoms with Crippen molar-refractivity contribution in [3.05, 3.63) is 34.1 Å². The smallest absolute Gasteiger partial charge is 0.288 e. The Balaban J connectivity index is 2.87. The molecule has 0 unspecified atom stereocenters. The predicted octanol–water partition coefficient (Wildman–Crippen LogP) is 4.36. The first-order chi connectivity index (χ1) is 8.20. The van der Waals surface area contributed by atoms with Gasteiger partial charge in [0, 0.05) is 12.6 Å². The summed E-state index contributed by atoms with van der Waals surface area (Å²) in [7, 11) is 0. The summed E-state index contributed by atoms with van der Waals surface area (Å²) < 4.78 is 50.8. The third kappa shape index (κ3) is 4.57. The van der Waals surface area contributed by atoms with Crippen LogP contribution in [-0.2, 0) is 6.54 Å². The molecule has 0 spiro atoms. The first-order valence-corrected chi connectivity index (χ1v) is 6.23. The van der Waals surface area contributed by atoms with Crippen molar-refractivity contribution >= 4 is 15.9 Å². The van der Waals surface area contributed by atoms with E-state index < -0.39 is 18.5 Å². The third-order valence-electron chi connectivity index (χ3n) is 2.52. The molecule has 18 heavy (non-hydrogen) atoms. The molecule has 0 N–H and O–H groups in total. The minimum atomic E-state index is -4.26. The molecule has 1 aromatic rings. The van der Waals surface area contributed by atoms with Gasteiger partial charge in [-0.3, -0.25) is 4.90 Å². The highest BCUT2D eigenvalue weighted by Gasteiger charge is 2.32. The first-order valence-electron chi connectivity index (χ1n) is 5.44. The van der Waals surface area contributed by atoms with Crippen molar-refractivity contribution in [3.63, 3.8) is 0 Å². The summed E-state index contributed by atoms with van der Waals surface area (Å²) in [6, 6.07) is 4.08. The van der Waals surface area contributed by atoms with Gasteiger partial charge in [0.25, 0.3) is 0 Å². The molecule has 0 aliphatic rings. The Morgan fingerprint density at radius 1 is 1.28 bits per heavy atom. The average Bonchev–Trinajstić information content (AvgIpc) is 2.21. The molecule has 0 fully saturated rings. The largest absolute Gasteiger partial charge is 0.401 e. The zero-order valence-electron chi connectivity index (χ0n) is 10.1. The highest BCUT2D eigenvalue weighted by atomic mass is 79.9.